The van der Waals surface area contributed by atoms with Gasteiger partial charge in [-0.3, -0.25) is 9.69 Å². The van der Waals surface area contributed by atoms with Crippen LogP contribution in [-0.2, 0) is 19.5 Å². The van der Waals surface area contributed by atoms with Crippen molar-refractivity contribution in [2.45, 2.75) is 32.4 Å². The van der Waals surface area contributed by atoms with Gasteiger partial charge < -0.3 is 5.32 Å². The number of ketones is 1. The third-order valence-electron chi connectivity index (χ3n) is 4.93. The number of nitrogens with one attached hydrogen (secondary N) is 1. The fourth-order valence-electron chi connectivity index (χ4n) is 3.61. The van der Waals surface area contributed by atoms with Crippen LogP contribution in [0.25, 0.3) is 0 Å². The standard InChI is InChI=1S/C20H22N2O/c23-20(16-7-8-19-15(12-16)6-3-10-21-19)9-11-22-13-17-4-1-2-5-18(17)14-22/h1-2,4-5,7-8,12,21H,3,6,9-11,13-14H2. The van der Waals surface area contributed by atoms with Gasteiger partial charge >= 0.3 is 0 Å². The van der Waals surface area contributed by atoms with E-state index in [1.807, 2.05) is 6.07 Å². The SMILES string of the molecule is O=C(CCN1Cc2ccccc2C1)c1ccc2c(c1)CCCN2. The molecule has 2 heterocycles. The molecule has 0 atom stereocenters. The lowest BCUT2D eigenvalue weighted by Crippen LogP contribution is -2.20. The molecule has 0 fully saturated rings. The smallest absolute Gasteiger partial charge is 0.164 e. The molecule has 0 unspecified atom stereocenters. The Hall–Kier alpha value is -2.13. The number of carbonyl (C=O) groups is 1. The summed E-state index contributed by atoms with van der Waals surface area (Å²) >= 11 is 0. The number of hydrogen-bond acceptors (Lipinski definition) is 3. The average molecular weight is 306 g/mol. The lowest BCUT2D eigenvalue weighted by atomic mass is 9.98. The molecule has 0 radical (unpaired) electrons. The Morgan fingerprint density at radius 2 is 1.83 bits per heavy atom. The van der Waals surface area contributed by atoms with Crippen LogP contribution in [0.3, 0.4) is 0 Å². The number of aryl methyl sites for hydroxylation is 1. The Labute approximate surface area is 137 Å². The summed E-state index contributed by atoms with van der Waals surface area (Å²) in [5.41, 5.74) is 6.15. The van der Waals surface area contributed by atoms with Gasteiger partial charge in [0.25, 0.3) is 0 Å². The summed E-state index contributed by atoms with van der Waals surface area (Å²) < 4.78 is 0. The molecule has 2 aliphatic heterocycles. The Balaban J connectivity index is 1.38. The highest BCUT2D eigenvalue weighted by molar-refractivity contribution is 5.96. The normalized spacial score (nSPS) is 16.5. The van der Waals surface area contributed by atoms with E-state index in [-0.39, 0.29) is 5.78 Å². The van der Waals surface area contributed by atoms with Crippen LogP contribution in [0, 0.1) is 0 Å². The third kappa shape index (κ3) is 3.02. The molecule has 0 bridgehead atoms. The summed E-state index contributed by atoms with van der Waals surface area (Å²) in [4.78, 5) is 14.9. The highest BCUT2D eigenvalue weighted by Gasteiger charge is 2.19. The Morgan fingerprint density at radius 3 is 2.61 bits per heavy atom. The number of nitrogens with zero attached hydrogens (tertiary/aromatic N) is 1. The van der Waals surface area contributed by atoms with Crippen molar-refractivity contribution in [2.75, 3.05) is 18.4 Å². The van der Waals surface area contributed by atoms with E-state index in [1.165, 1.54) is 22.4 Å². The molecule has 0 saturated heterocycles. The molecular weight excluding hydrogens is 284 g/mol. The summed E-state index contributed by atoms with van der Waals surface area (Å²) in [6.07, 6.45) is 2.82. The Kier molecular flexibility index (Phi) is 3.88. The maximum atomic E-state index is 12.5. The number of Topliss-reactive ketones (excluding diaryl/α,β-unsaturated/α-hetero) is 1. The number of anilines is 1. The van der Waals surface area contributed by atoms with E-state index in [1.54, 1.807) is 0 Å². The summed E-state index contributed by atoms with van der Waals surface area (Å²) in [6.45, 7) is 3.81. The molecule has 3 nitrogen and oxygen atoms in total. The minimum absolute atomic E-state index is 0.259. The lowest BCUT2D eigenvalue weighted by molar-refractivity contribution is 0.0963. The van der Waals surface area contributed by atoms with E-state index < -0.39 is 0 Å². The minimum Gasteiger partial charge on any atom is -0.385 e. The maximum absolute atomic E-state index is 12.5. The van der Waals surface area contributed by atoms with Crippen LogP contribution in [0.5, 0.6) is 0 Å². The zero-order chi connectivity index (χ0) is 15.6. The average Bonchev–Trinajstić information content (AvgIpc) is 3.02. The minimum atomic E-state index is 0.259. The Bertz CT molecular complexity index is 713. The van der Waals surface area contributed by atoms with Crippen molar-refractivity contribution in [3.8, 4) is 0 Å². The van der Waals surface area contributed by atoms with Gasteiger partial charge in [0.05, 0.1) is 0 Å². The van der Waals surface area contributed by atoms with Gasteiger partial charge in [-0.25, -0.2) is 0 Å². The van der Waals surface area contributed by atoms with Crippen LogP contribution in [0.2, 0.25) is 0 Å². The topological polar surface area (TPSA) is 32.3 Å². The van der Waals surface area contributed by atoms with Crippen LogP contribution in [-0.4, -0.2) is 23.8 Å². The molecule has 0 aromatic heterocycles. The monoisotopic (exact) mass is 306 g/mol. The highest BCUT2D eigenvalue weighted by Crippen LogP contribution is 2.25. The molecule has 1 N–H and O–H groups in total. The second-order valence-corrected chi connectivity index (χ2v) is 6.55. The number of benzene rings is 2. The zero-order valence-corrected chi connectivity index (χ0v) is 13.3. The van der Waals surface area contributed by atoms with Crippen molar-refractivity contribution < 1.29 is 4.79 Å². The molecule has 2 aliphatic rings. The lowest BCUT2D eigenvalue weighted by Gasteiger charge is -2.19. The number of carbonyl (C=O) groups excluding carboxylic acids is 1. The quantitative estimate of drug-likeness (QED) is 0.875. The summed E-state index contributed by atoms with van der Waals surface area (Å²) in [5, 5.41) is 3.40. The maximum Gasteiger partial charge on any atom is 0.164 e. The van der Waals surface area contributed by atoms with Crippen LogP contribution in [0.15, 0.2) is 42.5 Å². The predicted octanol–water partition coefficient (Wildman–Crippen LogP) is 3.63. The van der Waals surface area contributed by atoms with E-state index in [0.29, 0.717) is 6.42 Å². The first kappa shape index (κ1) is 14.5. The summed E-state index contributed by atoms with van der Waals surface area (Å²) in [6, 6.07) is 14.7. The van der Waals surface area contributed by atoms with E-state index in [4.69, 9.17) is 0 Å². The van der Waals surface area contributed by atoms with Gasteiger partial charge in [0.2, 0.25) is 0 Å². The molecule has 3 heteroatoms. The molecule has 23 heavy (non-hydrogen) atoms. The zero-order valence-electron chi connectivity index (χ0n) is 13.3. The molecule has 0 aliphatic carbocycles. The van der Waals surface area contributed by atoms with Crippen molar-refractivity contribution in [1.29, 1.82) is 0 Å². The molecule has 4 rings (SSSR count). The third-order valence-corrected chi connectivity index (χ3v) is 4.93. The molecule has 118 valence electrons. The number of hydrogen-bond donors (Lipinski definition) is 1. The van der Waals surface area contributed by atoms with Crippen molar-refractivity contribution in [3.05, 3.63) is 64.7 Å². The molecule has 0 amide bonds. The van der Waals surface area contributed by atoms with Gasteiger partial charge in [0, 0.05) is 43.9 Å². The first-order valence-corrected chi connectivity index (χ1v) is 8.49. The van der Waals surface area contributed by atoms with E-state index >= 15 is 0 Å². The first-order valence-electron chi connectivity index (χ1n) is 8.49. The first-order chi connectivity index (χ1) is 11.3. The summed E-state index contributed by atoms with van der Waals surface area (Å²) in [5.74, 6) is 0.259. The molecule has 0 spiro atoms. The van der Waals surface area contributed by atoms with Crippen molar-refractivity contribution >= 4 is 11.5 Å². The van der Waals surface area contributed by atoms with Crippen molar-refractivity contribution in [2.24, 2.45) is 0 Å². The Morgan fingerprint density at radius 1 is 1.04 bits per heavy atom. The second-order valence-electron chi connectivity index (χ2n) is 6.55. The molecular formula is C20H22N2O. The van der Waals surface area contributed by atoms with Crippen LogP contribution in [0.1, 0.15) is 39.9 Å². The van der Waals surface area contributed by atoms with Gasteiger partial charge in [-0.15, -0.1) is 0 Å². The van der Waals surface area contributed by atoms with Gasteiger partial charge in [0.15, 0.2) is 5.78 Å². The second kappa shape index (κ2) is 6.17. The van der Waals surface area contributed by atoms with E-state index in [9.17, 15) is 4.79 Å². The van der Waals surface area contributed by atoms with Crippen molar-refractivity contribution in [3.63, 3.8) is 0 Å². The highest BCUT2D eigenvalue weighted by atomic mass is 16.1. The largest absolute Gasteiger partial charge is 0.385 e. The number of fused-ring (bicyclic) bond motifs is 2. The van der Waals surface area contributed by atoms with E-state index in [2.05, 4.69) is 46.6 Å². The molecule has 0 saturated carbocycles. The molecule has 2 aromatic rings. The number of rotatable bonds is 4. The van der Waals surface area contributed by atoms with Crippen LogP contribution < -0.4 is 5.32 Å². The molecule has 2 aromatic carbocycles. The van der Waals surface area contributed by atoms with Crippen LogP contribution >= 0.6 is 0 Å². The fraction of sp³-hybridized carbons (Fsp3) is 0.350. The van der Waals surface area contributed by atoms with E-state index in [0.717, 1.165) is 44.6 Å². The van der Waals surface area contributed by atoms with Crippen molar-refractivity contribution in [1.82, 2.24) is 4.90 Å². The van der Waals surface area contributed by atoms with Gasteiger partial charge in [0.1, 0.15) is 0 Å². The predicted molar refractivity (Wildman–Crippen MR) is 92.8 cm³/mol. The van der Waals surface area contributed by atoms with Gasteiger partial charge in [-0.05, 0) is 47.7 Å². The van der Waals surface area contributed by atoms with Gasteiger partial charge in [-0.1, -0.05) is 24.3 Å². The fourth-order valence-corrected chi connectivity index (χ4v) is 3.61. The van der Waals surface area contributed by atoms with Crippen LogP contribution in [0.4, 0.5) is 5.69 Å². The van der Waals surface area contributed by atoms with Gasteiger partial charge in [-0.2, -0.15) is 0 Å². The summed E-state index contributed by atoms with van der Waals surface area (Å²) in [7, 11) is 0.